The van der Waals surface area contributed by atoms with Crippen LogP contribution in [0.3, 0.4) is 0 Å². The lowest BCUT2D eigenvalue weighted by molar-refractivity contribution is 1.09. The number of fused-ring (bicyclic) bond motifs is 8. The Morgan fingerprint density at radius 3 is 0.956 bits per heavy atom. The highest BCUT2D eigenvalue weighted by Crippen LogP contribution is 2.36. The van der Waals surface area contributed by atoms with Crippen LogP contribution in [0.5, 0.6) is 0 Å². The number of benzene rings is 10. The van der Waals surface area contributed by atoms with Crippen molar-refractivity contribution in [2.45, 2.75) is 0 Å². The fourth-order valence-electron chi connectivity index (χ4n) is 10.1. The number of hydrogen-bond acceptors (Lipinski definition) is 2. The molecule has 0 atom stereocenters. The largest absolute Gasteiger partial charge is 0.309 e. The summed E-state index contributed by atoms with van der Waals surface area (Å²) in [6, 6.07) is 89.5. The molecule has 10 aromatic carbocycles. The SMILES string of the molecule is c1ccc(-c2nc3ccccc3n2-c2ccc(-n3c4ccccc4c4ccccc43)cc2)cc1.c1ccc(-c2nc3ccccc3n2-c2cccc(-n3c4ccccc4c4ccccc43)c2)cc1. The Morgan fingerprint density at radius 1 is 0.221 bits per heavy atom. The summed E-state index contributed by atoms with van der Waals surface area (Å²) in [4.78, 5) is 9.98. The summed E-state index contributed by atoms with van der Waals surface area (Å²) in [5.41, 5.74) is 15.7. The third kappa shape index (κ3) is 6.50. The zero-order chi connectivity index (χ0) is 45.0. The minimum absolute atomic E-state index is 0.946. The second-order valence-electron chi connectivity index (χ2n) is 17.0. The molecule has 4 aromatic heterocycles. The molecule has 0 fully saturated rings. The van der Waals surface area contributed by atoms with Gasteiger partial charge in [0.1, 0.15) is 11.6 Å². The number of imidazole rings is 2. The highest BCUT2D eigenvalue weighted by Gasteiger charge is 2.18. The van der Waals surface area contributed by atoms with Gasteiger partial charge in [0.15, 0.2) is 0 Å². The fraction of sp³-hybridized carbons (Fsp3) is 0. The lowest BCUT2D eigenvalue weighted by atomic mass is 10.2. The minimum Gasteiger partial charge on any atom is -0.309 e. The van der Waals surface area contributed by atoms with Crippen molar-refractivity contribution >= 4 is 65.7 Å². The zero-order valence-electron chi connectivity index (χ0n) is 36.9. The van der Waals surface area contributed by atoms with Crippen LogP contribution in [-0.4, -0.2) is 28.2 Å². The molecule has 68 heavy (non-hydrogen) atoms. The number of nitrogens with zero attached hydrogens (tertiary/aromatic N) is 6. The van der Waals surface area contributed by atoms with E-state index in [0.29, 0.717) is 0 Å². The molecule has 0 saturated heterocycles. The van der Waals surface area contributed by atoms with Crippen LogP contribution >= 0.6 is 0 Å². The fourth-order valence-corrected chi connectivity index (χ4v) is 10.1. The van der Waals surface area contributed by atoms with E-state index in [9.17, 15) is 0 Å². The first-order chi connectivity index (χ1) is 33.8. The van der Waals surface area contributed by atoms with E-state index in [2.05, 4.69) is 249 Å². The highest BCUT2D eigenvalue weighted by atomic mass is 15.1. The number of para-hydroxylation sites is 8. The van der Waals surface area contributed by atoms with E-state index in [-0.39, 0.29) is 0 Å². The maximum atomic E-state index is 5.01. The van der Waals surface area contributed by atoms with Gasteiger partial charge in [-0.15, -0.1) is 0 Å². The van der Waals surface area contributed by atoms with Crippen molar-refractivity contribution in [1.29, 1.82) is 0 Å². The molecular weight excluding hydrogens is 829 g/mol. The lowest BCUT2D eigenvalue weighted by Gasteiger charge is -2.13. The normalized spacial score (nSPS) is 11.5. The van der Waals surface area contributed by atoms with Crippen LogP contribution in [0, 0.1) is 0 Å². The summed E-state index contributed by atoms with van der Waals surface area (Å²) in [6.45, 7) is 0. The van der Waals surface area contributed by atoms with Gasteiger partial charge in [0.25, 0.3) is 0 Å². The Bertz CT molecular complexity index is 4030. The molecule has 6 heteroatoms. The Kier molecular flexibility index (Phi) is 9.39. The van der Waals surface area contributed by atoms with Crippen molar-refractivity contribution in [3.8, 4) is 45.5 Å². The molecule has 4 heterocycles. The highest BCUT2D eigenvalue weighted by molar-refractivity contribution is 6.10. The topological polar surface area (TPSA) is 45.5 Å². The van der Waals surface area contributed by atoms with Crippen LogP contribution < -0.4 is 0 Å². The van der Waals surface area contributed by atoms with Gasteiger partial charge in [-0.1, -0.05) is 164 Å². The lowest BCUT2D eigenvalue weighted by Crippen LogP contribution is -2.00. The Morgan fingerprint density at radius 2 is 0.529 bits per heavy atom. The van der Waals surface area contributed by atoms with Gasteiger partial charge in [0.2, 0.25) is 0 Å². The molecule has 0 saturated carbocycles. The molecule has 0 unspecified atom stereocenters. The molecule has 0 spiro atoms. The average Bonchev–Trinajstić information content (AvgIpc) is 4.18. The molecule has 0 aliphatic carbocycles. The molecule has 320 valence electrons. The van der Waals surface area contributed by atoms with E-state index in [4.69, 9.17) is 9.97 Å². The predicted molar refractivity (Wildman–Crippen MR) is 282 cm³/mol. The van der Waals surface area contributed by atoms with Gasteiger partial charge in [-0.2, -0.15) is 0 Å². The predicted octanol–water partition coefficient (Wildman–Crippen LogP) is 15.6. The molecule has 14 rings (SSSR count). The standard InChI is InChI=1S/2C31H21N3/c1-2-11-22(12-3-1)31-32-27-17-6-9-20-30(27)34(31)24-14-10-13-23(21-24)33-28-18-7-4-15-25(28)26-16-5-8-19-29(26)33;1-2-10-22(11-3-1)31-32-27-14-6-9-17-30(27)34(31)24-20-18-23(19-21-24)33-28-15-7-4-12-25(28)26-13-5-8-16-29(26)33/h2*1-21H. The summed E-state index contributed by atoms with van der Waals surface area (Å²) >= 11 is 0. The van der Waals surface area contributed by atoms with E-state index in [1.165, 1.54) is 43.6 Å². The first-order valence-corrected chi connectivity index (χ1v) is 23.0. The van der Waals surface area contributed by atoms with Gasteiger partial charge in [0, 0.05) is 55.4 Å². The van der Waals surface area contributed by atoms with Gasteiger partial charge < -0.3 is 9.13 Å². The quantitative estimate of drug-likeness (QED) is 0.167. The third-order valence-electron chi connectivity index (χ3n) is 13.1. The number of hydrogen-bond donors (Lipinski definition) is 0. The van der Waals surface area contributed by atoms with Crippen LogP contribution in [0.25, 0.3) is 111 Å². The van der Waals surface area contributed by atoms with E-state index < -0.39 is 0 Å². The van der Waals surface area contributed by atoms with Crippen LogP contribution in [0.2, 0.25) is 0 Å². The first-order valence-electron chi connectivity index (χ1n) is 23.0. The van der Waals surface area contributed by atoms with Crippen LogP contribution in [0.1, 0.15) is 0 Å². The molecular formula is C62H42N6. The smallest absolute Gasteiger partial charge is 0.145 e. The molecule has 0 aliphatic heterocycles. The van der Waals surface area contributed by atoms with Crippen LogP contribution in [0.15, 0.2) is 255 Å². The Hall–Kier alpha value is -9.26. The minimum atomic E-state index is 0.946. The molecule has 0 bridgehead atoms. The zero-order valence-corrected chi connectivity index (χ0v) is 36.9. The average molecular weight is 871 g/mol. The molecule has 6 nitrogen and oxygen atoms in total. The monoisotopic (exact) mass is 870 g/mol. The molecule has 0 aliphatic rings. The van der Waals surface area contributed by atoms with E-state index in [0.717, 1.165) is 67.6 Å². The maximum absolute atomic E-state index is 5.01. The van der Waals surface area contributed by atoms with Gasteiger partial charge in [-0.05, 0) is 91.0 Å². The molecule has 0 amide bonds. The van der Waals surface area contributed by atoms with Crippen molar-refractivity contribution in [3.05, 3.63) is 255 Å². The number of rotatable bonds is 6. The third-order valence-corrected chi connectivity index (χ3v) is 13.1. The molecule has 0 N–H and O–H groups in total. The number of aromatic nitrogens is 6. The molecule has 0 radical (unpaired) electrons. The van der Waals surface area contributed by atoms with Gasteiger partial charge in [-0.25, -0.2) is 9.97 Å². The van der Waals surface area contributed by atoms with Crippen molar-refractivity contribution in [2.24, 2.45) is 0 Å². The van der Waals surface area contributed by atoms with Crippen molar-refractivity contribution in [3.63, 3.8) is 0 Å². The van der Waals surface area contributed by atoms with E-state index >= 15 is 0 Å². The van der Waals surface area contributed by atoms with Crippen molar-refractivity contribution < 1.29 is 0 Å². The summed E-state index contributed by atoms with van der Waals surface area (Å²) in [6.07, 6.45) is 0. The Balaban J connectivity index is 0.000000134. The van der Waals surface area contributed by atoms with E-state index in [1.807, 2.05) is 24.3 Å². The second kappa shape index (κ2) is 16.3. The van der Waals surface area contributed by atoms with Crippen LogP contribution in [0.4, 0.5) is 0 Å². The summed E-state index contributed by atoms with van der Waals surface area (Å²) in [7, 11) is 0. The summed E-state index contributed by atoms with van der Waals surface area (Å²) in [5, 5.41) is 5.08. The molecule has 14 aromatic rings. The Labute approximate surface area is 392 Å². The van der Waals surface area contributed by atoms with Gasteiger partial charge >= 0.3 is 0 Å². The van der Waals surface area contributed by atoms with Gasteiger partial charge in [0.05, 0.1) is 44.1 Å². The summed E-state index contributed by atoms with van der Waals surface area (Å²) < 4.78 is 9.22. The second-order valence-corrected chi connectivity index (χ2v) is 17.0. The first kappa shape index (κ1) is 39.1. The summed E-state index contributed by atoms with van der Waals surface area (Å²) in [5.74, 6) is 1.90. The van der Waals surface area contributed by atoms with E-state index in [1.54, 1.807) is 0 Å². The van der Waals surface area contributed by atoms with Crippen molar-refractivity contribution in [1.82, 2.24) is 28.2 Å². The van der Waals surface area contributed by atoms with Crippen molar-refractivity contribution in [2.75, 3.05) is 0 Å². The maximum Gasteiger partial charge on any atom is 0.145 e. The van der Waals surface area contributed by atoms with Crippen LogP contribution in [-0.2, 0) is 0 Å². The van der Waals surface area contributed by atoms with Gasteiger partial charge in [-0.3, -0.25) is 9.13 Å².